The van der Waals surface area contributed by atoms with Crippen LogP contribution >= 0.6 is 0 Å². The maximum atomic E-state index is 11.6. The third kappa shape index (κ3) is 2.52. The van der Waals surface area contributed by atoms with Gasteiger partial charge in [-0.1, -0.05) is 0 Å². The zero-order valence-electron chi connectivity index (χ0n) is 11.4. The molecule has 3 N–H and O–H groups in total. The normalized spacial score (nSPS) is 29.2. The van der Waals surface area contributed by atoms with Gasteiger partial charge in [-0.15, -0.1) is 0 Å². The van der Waals surface area contributed by atoms with E-state index in [1.807, 2.05) is 0 Å². The first kappa shape index (κ1) is 15.1. The Morgan fingerprint density at radius 2 is 2.09 bits per heavy atom. The van der Waals surface area contributed by atoms with Crippen molar-refractivity contribution in [3.63, 3.8) is 0 Å². The SMILES string of the molecule is CS(=O)(=O)C[C@H]1O[C@@H](n2cnc3c(=O)[nH]cnc32)[C@H](O)[C@@H]1O. The fourth-order valence-electron chi connectivity index (χ4n) is 2.44. The number of hydrogen-bond donors (Lipinski definition) is 3. The Morgan fingerprint density at radius 3 is 2.77 bits per heavy atom. The van der Waals surface area contributed by atoms with Crippen molar-refractivity contribution in [2.75, 3.05) is 12.0 Å². The summed E-state index contributed by atoms with van der Waals surface area (Å²) in [6.07, 6.45) is -1.47. The molecule has 1 saturated heterocycles. The van der Waals surface area contributed by atoms with Crippen molar-refractivity contribution in [1.29, 1.82) is 0 Å². The zero-order chi connectivity index (χ0) is 16.1. The van der Waals surface area contributed by atoms with E-state index < -0.39 is 45.7 Å². The van der Waals surface area contributed by atoms with E-state index in [2.05, 4.69) is 15.0 Å². The third-order valence-corrected chi connectivity index (χ3v) is 4.38. The van der Waals surface area contributed by atoms with Gasteiger partial charge in [-0.3, -0.25) is 9.36 Å². The number of aromatic nitrogens is 4. The smallest absolute Gasteiger partial charge is 0.278 e. The summed E-state index contributed by atoms with van der Waals surface area (Å²) in [5, 5.41) is 20.0. The summed E-state index contributed by atoms with van der Waals surface area (Å²) in [6.45, 7) is 0. The van der Waals surface area contributed by atoms with Crippen molar-refractivity contribution < 1.29 is 23.4 Å². The van der Waals surface area contributed by atoms with Crippen LogP contribution in [0.2, 0.25) is 0 Å². The van der Waals surface area contributed by atoms with E-state index in [0.717, 1.165) is 6.26 Å². The van der Waals surface area contributed by atoms with Gasteiger partial charge in [0.25, 0.3) is 5.56 Å². The number of sulfone groups is 1. The van der Waals surface area contributed by atoms with E-state index in [-0.39, 0.29) is 11.2 Å². The predicted molar refractivity (Wildman–Crippen MR) is 73.8 cm³/mol. The van der Waals surface area contributed by atoms with Gasteiger partial charge in [0.1, 0.15) is 28.1 Å². The van der Waals surface area contributed by atoms with E-state index in [0.29, 0.717) is 0 Å². The van der Waals surface area contributed by atoms with Crippen LogP contribution in [0, 0.1) is 0 Å². The number of nitrogens with zero attached hydrogens (tertiary/aromatic N) is 3. The molecule has 0 aromatic carbocycles. The molecule has 0 radical (unpaired) electrons. The van der Waals surface area contributed by atoms with Crippen LogP contribution in [0.5, 0.6) is 0 Å². The Hall–Kier alpha value is -1.82. The van der Waals surface area contributed by atoms with Crippen LogP contribution in [0.25, 0.3) is 11.2 Å². The number of nitrogens with one attached hydrogen (secondary N) is 1. The molecule has 0 unspecified atom stereocenters. The molecule has 4 atom stereocenters. The van der Waals surface area contributed by atoms with E-state index in [1.54, 1.807) is 0 Å². The molecule has 10 nitrogen and oxygen atoms in total. The van der Waals surface area contributed by atoms with Crippen molar-refractivity contribution in [1.82, 2.24) is 19.5 Å². The summed E-state index contributed by atoms with van der Waals surface area (Å²) in [7, 11) is -3.40. The van der Waals surface area contributed by atoms with Gasteiger partial charge >= 0.3 is 0 Å². The summed E-state index contributed by atoms with van der Waals surface area (Å²) in [5.41, 5.74) is -0.233. The molecule has 1 aliphatic heterocycles. The van der Waals surface area contributed by atoms with Crippen LogP contribution in [0.3, 0.4) is 0 Å². The lowest BCUT2D eigenvalue weighted by molar-refractivity contribution is -0.0292. The Kier molecular flexibility index (Phi) is 3.51. The summed E-state index contributed by atoms with van der Waals surface area (Å²) in [4.78, 5) is 21.8. The molecule has 22 heavy (non-hydrogen) atoms. The Labute approximate surface area is 124 Å². The average Bonchev–Trinajstić information content (AvgIpc) is 2.95. The Morgan fingerprint density at radius 1 is 1.36 bits per heavy atom. The van der Waals surface area contributed by atoms with Crippen molar-refractivity contribution in [2.45, 2.75) is 24.5 Å². The molecule has 1 aliphatic rings. The molecule has 11 heteroatoms. The fourth-order valence-corrected chi connectivity index (χ4v) is 3.32. The summed E-state index contributed by atoms with van der Waals surface area (Å²) in [5.74, 6) is -0.428. The first-order valence-electron chi connectivity index (χ1n) is 6.37. The van der Waals surface area contributed by atoms with Crippen LogP contribution in [0.1, 0.15) is 6.23 Å². The Balaban J connectivity index is 1.98. The minimum absolute atomic E-state index is 0.0550. The number of aliphatic hydroxyl groups is 2. The lowest BCUT2D eigenvalue weighted by Gasteiger charge is -2.16. The van der Waals surface area contributed by atoms with Gasteiger partial charge in [0.15, 0.2) is 17.4 Å². The van der Waals surface area contributed by atoms with Gasteiger partial charge in [-0.25, -0.2) is 18.4 Å². The summed E-state index contributed by atoms with van der Waals surface area (Å²) in [6, 6.07) is 0. The number of aromatic amines is 1. The van der Waals surface area contributed by atoms with Gasteiger partial charge in [0, 0.05) is 6.26 Å². The van der Waals surface area contributed by atoms with Crippen LogP contribution in [0.15, 0.2) is 17.4 Å². The second-order valence-corrected chi connectivity index (χ2v) is 7.38. The lowest BCUT2D eigenvalue weighted by Crippen LogP contribution is -2.35. The standard InChI is InChI=1S/C11H14N4O6S/c1-22(19,20)2-5-7(16)8(17)11(21-5)15-4-14-6-9(15)12-3-13-10(6)18/h3-5,7-8,11,16-17H,2H2,1H3,(H,12,13,18)/t5-,7-,8-,11-/m1/s1. The molecule has 3 heterocycles. The highest BCUT2D eigenvalue weighted by Crippen LogP contribution is 2.31. The van der Waals surface area contributed by atoms with Gasteiger partial charge in [-0.2, -0.15) is 0 Å². The van der Waals surface area contributed by atoms with E-state index in [9.17, 15) is 23.4 Å². The molecule has 0 spiro atoms. The highest BCUT2D eigenvalue weighted by molar-refractivity contribution is 7.90. The number of rotatable bonds is 3. The third-order valence-electron chi connectivity index (χ3n) is 3.44. The molecule has 120 valence electrons. The van der Waals surface area contributed by atoms with Gasteiger partial charge < -0.3 is 19.9 Å². The maximum absolute atomic E-state index is 11.6. The van der Waals surface area contributed by atoms with Crippen molar-refractivity contribution in [3.05, 3.63) is 23.0 Å². The molecule has 1 fully saturated rings. The fraction of sp³-hybridized carbons (Fsp3) is 0.545. The van der Waals surface area contributed by atoms with Gasteiger partial charge in [0.05, 0.1) is 18.4 Å². The summed E-state index contributed by atoms with van der Waals surface area (Å²) < 4.78 is 29.4. The zero-order valence-corrected chi connectivity index (χ0v) is 12.3. The van der Waals surface area contributed by atoms with Crippen molar-refractivity contribution >= 4 is 21.0 Å². The average molecular weight is 330 g/mol. The van der Waals surface area contributed by atoms with Crippen molar-refractivity contribution in [3.8, 4) is 0 Å². The highest BCUT2D eigenvalue weighted by Gasteiger charge is 2.45. The number of hydrogen-bond acceptors (Lipinski definition) is 8. The van der Waals surface area contributed by atoms with Crippen LogP contribution < -0.4 is 5.56 Å². The molecular weight excluding hydrogens is 316 g/mol. The number of imidazole rings is 1. The lowest BCUT2D eigenvalue weighted by atomic mass is 10.1. The number of ether oxygens (including phenoxy) is 1. The predicted octanol–water partition coefficient (Wildman–Crippen LogP) is -2.22. The monoisotopic (exact) mass is 330 g/mol. The minimum atomic E-state index is -3.40. The number of H-pyrrole nitrogens is 1. The molecule has 2 aromatic heterocycles. The molecule has 0 amide bonds. The first-order valence-corrected chi connectivity index (χ1v) is 8.43. The van der Waals surface area contributed by atoms with Crippen molar-refractivity contribution in [2.24, 2.45) is 0 Å². The maximum Gasteiger partial charge on any atom is 0.278 e. The number of aliphatic hydroxyl groups excluding tert-OH is 2. The second kappa shape index (κ2) is 5.12. The Bertz CT molecular complexity index is 859. The molecule has 0 aliphatic carbocycles. The van der Waals surface area contributed by atoms with Crippen LogP contribution in [-0.2, 0) is 14.6 Å². The van der Waals surface area contributed by atoms with E-state index >= 15 is 0 Å². The molecule has 3 rings (SSSR count). The molecule has 2 aromatic rings. The minimum Gasteiger partial charge on any atom is -0.387 e. The van der Waals surface area contributed by atoms with Crippen LogP contribution in [-0.4, -0.2) is 68.5 Å². The topological polar surface area (TPSA) is 147 Å². The molecular formula is C11H14N4O6S. The molecule has 0 saturated carbocycles. The highest BCUT2D eigenvalue weighted by atomic mass is 32.2. The van der Waals surface area contributed by atoms with Gasteiger partial charge in [0.2, 0.25) is 0 Å². The quantitative estimate of drug-likeness (QED) is 0.573. The van der Waals surface area contributed by atoms with E-state index in [4.69, 9.17) is 4.74 Å². The van der Waals surface area contributed by atoms with E-state index in [1.165, 1.54) is 17.2 Å². The summed E-state index contributed by atoms with van der Waals surface area (Å²) >= 11 is 0. The molecule has 0 bridgehead atoms. The largest absolute Gasteiger partial charge is 0.387 e. The number of fused-ring (bicyclic) bond motifs is 1. The second-order valence-electron chi connectivity index (χ2n) is 5.19. The van der Waals surface area contributed by atoms with Gasteiger partial charge in [-0.05, 0) is 0 Å². The van der Waals surface area contributed by atoms with Crippen LogP contribution in [0.4, 0.5) is 0 Å². The first-order chi connectivity index (χ1) is 10.3.